The minimum absolute atomic E-state index is 0.0185. The molecule has 0 radical (unpaired) electrons. The highest BCUT2D eigenvalue weighted by Gasteiger charge is 2.38. The molecule has 3 N–H and O–H groups in total. The highest BCUT2D eigenvalue weighted by atomic mass is 16.4. The van der Waals surface area contributed by atoms with Gasteiger partial charge in [0, 0.05) is 19.6 Å². The predicted octanol–water partition coefficient (Wildman–Crippen LogP) is 0.541. The molecule has 1 fully saturated rings. The third kappa shape index (κ3) is 3.19. The molecule has 98 valence electrons. The van der Waals surface area contributed by atoms with Crippen molar-refractivity contribution in [3.8, 4) is 0 Å². The van der Waals surface area contributed by atoms with Crippen LogP contribution in [0.5, 0.6) is 0 Å². The molecule has 3 unspecified atom stereocenters. The first kappa shape index (κ1) is 14.0. The number of hydrogen-bond acceptors (Lipinski definition) is 3. The first-order chi connectivity index (χ1) is 8.01. The number of rotatable bonds is 5. The van der Waals surface area contributed by atoms with Gasteiger partial charge in [-0.1, -0.05) is 20.3 Å². The molecule has 1 aliphatic heterocycles. The predicted molar refractivity (Wildman–Crippen MR) is 64.3 cm³/mol. The van der Waals surface area contributed by atoms with Crippen LogP contribution in [-0.4, -0.2) is 41.5 Å². The summed E-state index contributed by atoms with van der Waals surface area (Å²) >= 11 is 0. The minimum Gasteiger partial charge on any atom is -0.481 e. The maximum absolute atomic E-state index is 12.1. The molecule has 0 saturated carbocycles. The molecule has 1 heterocycles. The number of likely N-dealkylation sites (tertiary alicyclic amines) is 1. The lowest BCUT2D eigenvalue weighted by molar-refractivity contribution is -0.142. The maximum atomic E-state index is 12.1. The van der Waals surface area contributed by atoms with E-state index in [-0.39, 0.29) is 17.7 Å². The van der Waals surface area contributed by atoms with Gasteiger partial charge < -0.3 is 15.7 Å². The number of aliphatic carboxylic acids is 1. The van der Waals surface area contributed by atoms with Crippen molar-refractivity contribution in [1.29, 1.82) is 0 Å². The fraction of sp³-hybridized carbons (Fsp3) is 0.833. The Morgan fingerprint density at radius 1 is 1.47 bits per heavy atom. The van der Waals surface area contributed by atoms with Gasteiger partial charge in [0.1, 0.15) is 0 Å². The number of carbonyl (C=O) groups is 2. The highest BCUT2D eigenvalue weighted by molar-refractivity contribution is 5.81. The smallest absolute Gasteiger partial charge is 0.308 e. The molecule has 3 atom stereocenters. The summed E-state index contributed by atoms with van der Waals surface area (Å²) in [6, 6.07) is 0. The second kappa shape index (κ2) is 6.00. The van der Waals surface area contributed by atoms with Crippen LogP contribution >= 0.6 is 0 Å². The lowest BCUT2D eigenvalue weighted by Crippen LogP contribution is -2.38. The molecular weight excluding hydrogens is 220 g/mol. The van der Waals surface area contributed by atoms with Gasteiger partial charge in [-0.3, -0.25) is 9.59 Å². The maximum Gasteiger partial charge on any atom is 0.308 e. The second-order valence-corrected chi connectivity index (χ2v) is 4.89. The van der Waals surface area contributed by atoms with E-state index in [2.05, 4.69) is 0 Å². The van der Waals surface area contributed by atoms with E-state index in [1.54, 1.807) is 4.90 Å². The number of amides is 1. The number of nitrogens with two attached hydrogens (primary N) is 1. The Kier molecular flexibility index (Phi) is 4.93. The lowest BCUT2D eigenvalue weighted by atomic mass is 9.99. The summed E-state index contributed by atoms with van der Waals surface area (Å²) in [6.07, 6.45) is 1.69. The van der Waals surface area contributed by atoms with Crippen LogP contribution in [0.15, 0.2) is 0 Å². The number of carboxylic acid groups (broad SMARTS) is 1. The second-order valence-electron chi connectivity index (χ2n) is 4.89. The van der Waals surface area contributed by atoms with Gasteiger partial charge in [-0.15, -0.1) is 0 Å². The van der Waals surface area contributed by atoms with Gasteiger partial charge in [0.15, 0.2) is 0 Å². The van der Waals surface area contributed by atoms with Crippen molar-refractivity contribution in [3.05, 3.63) is 0 Å². The van der Waals surface area contributed by atoms with Crippen LogP contribution in [-0.2, 0) is 9.59 Å². The average Bonchev–Trinajstić information content (AvgIpc) is 2.67. The summed E-state index contributed by atoms with van der Waals surface area (Å²) in [5.41, 5.74) is 5.59. The van der Waals surface area contributed by atoms with Crippen molar-refractivity contribution in [2.45, 2.75) is 26.7 Å². The van der Waals surface area contributed by atoms with Crippen LogP contribution in [0.4, 0.5) is 0 Å². The van der Waals surface area contributed by atoms with Gasteiger partial charge >= 0.3 is 5.97 Å². The first-order valence-electron chi connectivity index (χ1n) is 6.22. The van der Waals surface area contributed by atoms with Crippen molar-refractivity contribution in [3.63, 3.8) is 0 Å². The average molecular weight is 242 g/mol. The van der Waals surface area contributed by atoms with E-state index in [4.69, 9.17) is 10.8 Å². The van der Waals surface area contributed by atoms with Crippen LogP contribution in [0, 0.1) is 17.8 Å². The molecule has 0 spiro atoms. The molecular formula is C12H22N2O3. The van der Waals surface area contributed by atoms with E-state index in [1.165, 1.54) is 0 Å². The van der Waals surface area contributed by atoms with Gasteiger partial charge in [0.2, 0.25) is 5.91 Å². The normalized spacial score (nSPS) is 25.9. The van der Waals surface area contributed by atoms with Crippen molar-refractivity contribution in [2.75, 3.05) is 19.6 Å². The molecule has 0 aliphatic carbocycles. The Morgan fingerprint density at radius 3 is 2.53 bits per heavy atom. The van der Waals surface area contributed by atoms with Crippen molar-refractivity contribution < 1.29 is 14.7 Å². The Labute approximate surface area is 102 Å². The van der Waals surface area contributed by atoms with E-state index < -0.39 is 11.9 Å². The van der Waals surface area contributed by atoms with E-state index in [9.17, 15) is 9.59 Å². The Hall–Kier alpha value is -1.10. The molecule has 1 aliphatic rings. The number of hydrogen-bond donors (Lipinski definition) is 2. The van der Waals surface area contributed by atoms with Gasteiger partial charge in [-0.05, 0) is 12.3 Å². The van der Waals surface area contributed by atoms with Gasteiger partial charge in [-0.2, -0.15) is 0 Å². The van der Waals surface area contributed by atoms with Crippen LogP contribution in [0.25, 0.3) is 0 Å². The summed E-state index contributed by atoms with van der Waals surface area (Å²) in [5, 5.41) is 9.02. The van der Waals surface area contributed by atoms with Crippen LogP contribution in [0.1, 0.15) is 26.7 Å². The zero-order valence-electron chi connectivity index (χ0n) is 10.6. The van der Waals surface area contributed by atoms with Crippen molar-refractivity contribution >= 4 is 11.9 Å². The number of carbonyl (C=O) groups excluding carboxylic acids is 1. The number of nitrogens with zero attached hydrogens (tertiary/aromatic N) is 1. The van der Waals surface area contributed by atoms with Crippen molar-refractivity contribution in [2.24, 2.45) is 23.5 Å². The molecule has 0 aromatic carbocycles. The fourth-order valence-corrected chi connectivity index (χ4v) is 2.42. The summed E-state index contributed by atoms with van der Waals surface area (Å²) in [5.74, 6) is -1.35. The Bertz CT molecular complexity index is 293. The summed E-state index contributed by atoms with van der Waals surface area (Å²) in [4.78, 5) is 24.8. The molecule has 0 aromatic heterocycles. The Balaban J connectivity index is 2.63. The first-order valence-corrected chi connectivity index (χ1v) is 6.22. The van der Waals surface area contributed by atoms with Crippen LogP contribution in [0.3, 0.4) is 0 Å². The third-order valence-electron chi connectivity index (χ3n) is 3.51. The molecule has 0 bridgehead atoms. The molecule has 0 aromatic rings. The van der Waals surface area contributed by atoms with E-state index in [0.29, 0.717) is 19.6 Å². The largest absolute Gasteiger partial charge is 0.481 e. The topological polar surface area (TPSA) is 83.6 Å². The monoisotopic (exact) mass is 242 g/mol. The molecule has 17 heavy (non-hydrogen) atoms. The molecule has 1 amide bonds. The fourth-order valence-electron chi connectivity index (χ4n) is 2.42. The van der Waals surface area contributed by atoms with Gasteiger partial charge in [0.05, 0.1) is 11.8 Å². The van der Waals surface area contributed by atoms with E-state index in [0.717, 1.165) is 12.8 Å². The van der Waals surface area contributed by atoms with E-state index >= 15 is 0 Å². The molecule has 1 saturated heterocycles. The zero-order chi connectivity index (χ0) is 13.0. The summed E-state index contributed by atoms with van der Waals surface area (Å²) < 4.78 is 0. The van der Waals surface area contributed by atoms with Gasteiger partial charge in [-0.25, -0.2) is 0 Å². The SMILES string of the molecule is CCCC(CN)C(=O)N1CC(C)C(C(=O)O)C1. The molecule has 1 rings (SSSR count). The van der Waals surface area contributed by atoms with E-state index in [1.807, 2.05) is 13.8 Å². The minimum atomic E-state index is -0.812. The quantitative estimate of drug-likeness (QED) is 0.737. The van der Waals surface area contributed by atoms with Crippen LogP contribution in [0.2, 0.25) is 0 Å². The van der Waals surface area contributed by atoms with Gasteiger partial charge in [0.25, 0.3) is 0 Å². The van der Waals surface area contributed by atoms with Crippen molar-refractivity contribution in [1.82, 2.24) is 4.90 Å². The Morgan fingerprint density at radius 2 is 2.12 bits per heavy atom. The molecule has 5 heteroatoms. The van der Waals surface area contributed by atoms with Crippen LogP contribution < -0.4 is 5.73 Å². The summed E-state index contributed by atoms with van der Waals surface area (Å²) in [6.45, 7) is 5.10. The standard InChI is InChI=1S/C12H22N2O3/c1-3-4-9(5-13)11(15)14-6-8(2)10(7-14)12(16)17/h8-10H,3-7,13H2,1-2H3,(H,16,17). The highest BCUT2D eigenvalue weighted by Crippen LogP contribution is 2.25. The lowest BCUT2D eigenvalue weighted by Gasteiger charge is -2.22. The summed E-state index contributed by atoms with van der Waals surface area (Å²) in [7, 11) is 0. The molecule has 5 nitrogen and oxygen atoms in total. The number of carboxylic acids is 1. The zero-order valence-corrected chi connectivity index (χ0v) is 10.6. The third-order valence-corrected chi connectivity index (χ3v) is 3.51.